The minimum atomic E-state index is 0.0932. The molecule has 0 bridgehead atoms. The van der Waals surface area contributed by atoms with Crippen LogP contribution < -0.4 is 4.74 Å². The van der Waals surface area contributed by atoms with Gasteiger partial charge in [0.15, 0.2) is 0 Å². The Bertz CT molecular complexity index is 944. The molecular weight excluding hydrogens is 344 g/mol. The standard InChI is InChI=1S/C19H22N6O2/c1-3-16-20-7-9-24(16)12-18(26)25-8-6-14-15(11-25)23-19(22-14)13-4-5-17(27-2)21-10-13/h4-5,7,9-10H,3,6,8,11-12H2,1-2H3,(H,22,23). The number of imidazole rings is 2. The van der Waals surface area contributed by atoms with Gasteiger partial charge in [-0.15, -0.1) is 0 Å². The number of methoxy groups -OCH3 is 1. The number of carbonyl (C=O) groups excluding carboxylic acids is 1. The van der Waals surface area contributed by atoms with Crippen LogP contribution in [-0.2, 0) is 30.7 Å². The number of H-pyrrole nitrogens is 1. The molecular formula is C19H22N6O2. The third-order valence-electron chi connectivity index (χ3n) is 4.83. The van der Waals surface area contributed by atoms with E-state index >= 15 is 0 Å². The van der Waals surface area contributed by atoms with E-state index in [2.05, 4.69) is 19.9 Å². The first-order chi connectivity index (χ1) is 13.2. The molecule has 0 atom stereocenters. The normalized spacial score (nSPS) is 13.5. The molecule has 0 spiro atoms. The molecule has 27 heavy (non-hydrogen) atoms. The van der Waals surface area contributed by atoms with Gasteiger partial charge < -0.3 is 19.2 Å². The highest BCUT2D eigenvalue weighted by molar-refractivity contribution is 5.76. The van der Waals surface area contributed by atoms with Crippen LogP contribution in [0.1, 0.15) is 24.1 Å². The molecule has 8 nitrogen and oxygen atoms in total. The fourth-order valence-corrected chi connectivity index (χ4v) is 3.33. The van der Waals surface area contributed by atoms with Crippen LogP contribution in [0, 0.1) is 0 Å². The van der Waals surface area contributed by atoms with Gasteiger partial charge in [-0.05, 0) is 6.07 Å². The molecule has 1 aliphatic heterocycles. The Morgan fingerprint density at radius 3 is 2.96 bits per heavy atom. The number of rotatable bonds is 5. The highest BCUT2D eigenvalue weighted by Crippen LogP contribution is 2.23. The van der Waals surface area contributed by atoms with Crippen LogP contribution in [0.15, 0.2) is 30.7 Å². The topological polar surface area (TPSA) is 88.9 Å². The molecule has 1 aliphatic rings. The number of ether oxygens (including phenoxy) is 1. The van der Waals surface area contributed by atoms with Crippen molar-refractivity contribution in [3.05, 3.63) is 47.9 Å². The lowest BCUT2D eigenvalue weighted by atomic mass is 10.1. The van der Waals surface area contributed by atoms with Gasteiger partial charge in [0, 0.05) is 49.6 Å². The number of hydrogen-bond acceptors (Lipinski definition) is 5. The molecule has 1 amide bonds. The maximum absolute atomic E-state index is 12.7. The number of carbonyl (C=O) groups is 1. The van der Waals surface area contributed by atoms with Crippen molar-refractivity contribution in [2.45, 2.75) is 32.9 Å². The average molecular weight is 366 g/mol. The van der Waals surface area contributed by atoms with Gasteiger partial charge in [0.05, 0.1) is 25.0 Å². The molecule has 0 aliphatic carbocycles. The number of nitrogens with one attached hydrogen (secondary N) is 1. The van der Waals surface area contributed by atoms with E-state index in [1.807, 2.05) is 34.7 Å². The number of aryl methyl sites for hydroxylation is 1. The summed E-state index contributed by atoms with van der Waals surface area (Å²) in [4.78, 5) is 31.1. The second kappa shape index (κ2) is 7.22. The summed E-state index contributed by atoms with van der Waals surface area (Å²) in [7, 11) is 1.59. The van der Waals surface area contributed by atoms with Crippen molar-refractivity contribution in [2.24, 2.45) is 0 Å². The predicted molar refractivity (Wildman–Crippen MR) is 99.1 cm³/mol. The van der Waals surface area contributed by atoms with Gasteiger partial charge in [0.1, 0.15) is 18.2 Å². The minimum Gasteiger partial charge on any atom is -0.481 e. The van der Waals surface area contributed by atoms with E-state index in [9.17, 15) is 4.79 Å². The van der Waals surface area contributed by atoms with Crippen molar-refractivity contribution in [3.63, 3.8) is 0 Å². The smallest absolute Gasteiger partial charge is 0.242 e. The lowest BCUT2D eigenvalue weighted by Gasteiger charge is -2.26. The van der Waals surface area contributed by atoms with E-state index in [1.54, 1.807) is 19.5 Å². The molecule has 0 fully saturated rings. The van der Waals surface area contributed by atoms with Gasteiger partial charge in [0.25, 0.3) is 0 Å². The second-order valence-electron chi connectivity index (χ2n) is 6.49. The number of nitrogens with zero attached hydrogens (tertiary/aromatic N) is 5. The van der Waals surface area contributed by atoms with Crippen LogP contribution in [0.4, 0.5) is 0 Å². The highest BCUT2D eigenvalue weighted by Gasteiger charge is 2.24. The fourth-order valence-electron chi connectivity index (χ4n) is 3.33. The molecule has 0 saturated heterocycles. The number of hydrogen-bond donors (Lipinski definition) is 1. The third kappa shape index (κ3) is 3.42. The molecule has 3 aromatic heterocycles. The Labute approximate surface area is 157 Å². The first-order valence-corrected chi connectivity index (χ1v) is 9.04. The zero-order chi connectivity index (χ0) is 18.8. The Balaban J connectivity index is 1.48. The molecule has 4 rings (SSSR count). The average Bonchev–Trinajstić information content (AvgIpc) is 3.33. The number of fused-ring (bicyclic) bond motifs is 1. The summed E-state index contributed by atoms with van der Waals surface area (Å²) < 4.78 is 7.01. The van der Waals surface area contributed by atoms with Crippen LogP contribution in [0.25, 0.3) is 11.4 Å². The van der Waals surface area contributed by atoms with E-state index < -0.39 is 0 Å². The second-order valence-corrected chi connectivity index (χ2v) is 6.49. The van der Waals surface area contributed by atoms with Crippen LogP contribution in [0.2, 0.25) is 0 Å². The van der Waals surface area contributed by atoms with E-state index in [0.29, 0.717) is 25.5 Å². The molecule has 0 aromatic carbocycles. The monoisotopic (exact) mass is 366 g/mol. The number of amides is 1. The van der Waals surface area contributed by atoms with Crippen LogP contribution in [-0.4, -0.2) is 49.0 Å². The summed E-state index contributed by atoms with van der Waals surface area (Å²) in [6, 6.07) is 3.73. The van der Waals surface area contributed by atoms with E-state index in [4.69, 9.17) is 4.74 Å². The van der Waals surface area contributed by atoms with Crippen molar-refractivity contribution < 1.29 is 9.53 Å². The van der Waals surface area contributed by atoms with Gasteiger partial charge in [-0.2, -0.15) is 0 Å². The number of pyridine rings is 1. The Morgan fingerprint density at radius 1 is 1.33 bits per heavy atom. The number of aromatic nitrogens is 5. The fraction of sp³-hybridized carbons (Fsp3) is 0.368. The molecule has 140 valence electrons. The Morgan fingerprint density at radius 2 is 2.22 bits per heavy atom. The molecule has 1 N–H and O–H groups in total. The summed E-state index contributed by atoms with van der Waals surface area (Å²) in [5, 5.41) is 0. The summed E-state index contributed by atoms with van der Waals surface area (Å²) in [5.41, 5.74) is 2.90. The lowest BCUT2D eigenvalue weighted by molar-refractivity contribution is -0.132. The van der Waals surface area contributed by atoms with E-state index in [0.717, 1.165) is 41.4 Å². The summed E-state index contributed by atoms with van der Waals surface area (Å²) in [6.07, 6.45) is 6.88. The quantitative estimate of drug-likeness (QED) is 0.744. The Kier molecular flexibility index (Phi) is 4.62. The third-order valence-corrected chi connectivity index (χ3v) is 4.83. The van der Waals surface area contributed by atoms with Gasteiger partial charge >= 0.3 is 0 Å². The van der Waals surface area contributed by atoms with Gasteiger partial charge in [-0.25, -0.2) is 15.0 Å². The van der Waals surface area contributed by atoms with E-state index in [-0.39, 0.29) is 5.91 Å². The van der Waals surface area contributed by atoms with Crippen molar-refractivity contribution in [2.75, 3.05) is 13.7 Å². The minimum absolute atomic E-state index is 0.0932. The van der Waals surface area contributed by atoms with Crippen LogP contribution in [0.5, 0.6) is 5.88 Å². The van der Waals surface area contributed by atoms with Crippen molar-refractivity contribution in [1.82, 2.24) is 29.4 Å². The maximum atomic E-state index is 12.7. The SMILES string of the molecule is CCc1nccn1CC(=O)N1CCc2nc(-c3ccc(OC)nc3)[nH]c2C1. The lowest BCUT2D eigenvalue weighted by Crippen LogP contribution is -2.38. The molecule has 0 saturated carbocycles. The molecule has 3 aromatic rings. The van der Waals surface area contributed by atoms with Gasteiger partial charge in [-0.1, -0.05) is 6.92 Å². The Hall–Kier alpha value is -3.16. The largest absolute Gasteiger partial charge is 0.481 e. The molecule has 0 unspecified atom stereocenters. The number of aromatic amines is 1. The summed E-state index contributed by atoms with van der Waals surface area (Å²) in [5.74, 6) is 2.36. The van der Waals surface area contributed by atoms with Crippen LogP contribution >= 0.6 is 0 Å². The molecule has 4 heterocycles. The van der Waals surface area contributed by atoms with Crippen LogP contribution in [0.3, 0.4) is 0 Å². The molecule has 8 heteroatoms. The summed E-state index contributed by atoms with van der Waals surface area (Å²) >= 11 is 0. The summed E-state index contributed by atoms with van der Waals surface area (Å²) in [6.45, 7) is 3.58. The van der Waals surface area contributed by atoms with Gasteiger partial charge in [-0.3, -0.25) is 4.79 Å². The van der Waals surface area contributed by atoms with E-state index in [1.165, 1.54) is 0 Å². The maximum Gasteiger partial charge on any atom is 0.242 e. The van der Waals surface area contributed by atoms with Gasteiger partial charge in [0.2, 0.25) is 11.8 Å². The van der Waals surface area contributed by atoms with Crippen molar-refractivity contribution in [3.8, 4) is 17.3 Å². The first kappa shape index (κ1) is 17.3. The highest BCUT2D eigenvalue weighted by atomic mass is 16.5. The van der Waals surface area contributed by atoms with Crippen molar-refractivity contribution in [1.29, 1.82) is 0 Å². The zero-order valence-corrected chi connectivity index (χ0v) is 15.5. The van der Waals surface area contributed by atoms with Crippen molar-refractivity contribution >= 4 is 5.91 Å². The first-order valence-electron chi connectivity index (χ1n) is 9.04. The predicted octanol–water partition coefficient (Wildman–Crippen LogP) is 1.82. The molecule has 0 radical (unpaired) electrons. The zero-order valence-electron chi connectivity index (χ0n) is 15.5.